The van der Waals surface area contributed by atoms with Crippen molar-refractivity contribution in [2.75, 3.05) is 6.54 Å². The van der Waals surface area contributed by atoms with Crippen molar-refractivity contribution in [2.24, 2.45) is 5.92 Å². The zero-order valence-electron chi connectivity index (χ0n) is 13.9. The van der Waals surface area contributed by atoms with Crippen molar-refractivity contribution in [1.82, 2.24) is 19.7 Å². The van der Waals surface area contributed by atoms with Gasteiger partial charge in [0.05, 0.1) is 17.9 Å². The maximum Gasteiger partial charge on any atom is 0.0639 e. The fourth-order valence-corrected chi connectivity index (χ4v) is 2.89. The number of hydrogen-bond acceptors (Lipinski definition) is 2. The smallest absolute Gasteiger partial charge is 0.0639 e. The van der Waals surface area contributed by atoms with E-state index in [9.17, 15) is 0 Å². The van der Waals surface area contributed by atoms with Crippen LogP contribution in [0.15, 0.2) is 24.5 Å². The average Bonchev–Trinajstić information content (AvgIpc) is 3.02. The molecule has 0 saturated heterocycles. The minimum Gasteiger partial charge on any atom is -0.348 e. The zero-order valence-corrected chi connectivity index (χ0v) is 13.9. The summed E-state index contributed by atoms with van der Waals surface area (Å²) in [6.07, 6.45) is 4.43. The molecule has 0 bridgehead atoms. The summed E-state index contributed by atoms with van der Waals surface area (Å²) in [6.45, 7) is 13.7. The molecule has 0 spiro atoms. The molecular weight excluding hydrogens is 260 g/mol. The molecule has 0 radical (unpaired) electrons. The highest BCUT2D eigenvalue weighted by Crippen LogP contribution is 2.22. The Balaban J connectivity index is 2.15. The van der Waals surface area contributed by atoms with E-state index in [1.165, 1.54) is 11.3 Å². The van der Waals surface area contributed by atoms with Crippen molar-refractivity contribution in [1.29, 1.82) is 0 Å². The standard InChI is InChI=1S/C17H28N4/c1-6-18-17(13(3)4)15-8-9-20(11-15)12-16-10-14(5)19-21(16)7-2/h8-11,13,17-18H,6-7,12H2,1-5H3. The Morgan fingerprint density at radius 2 is 2.05 bits per heavy atom. The Morgan fingerprint density at radius 1 is 1.29 bits per heavy atom. The van der Waals surface area contributed by atoms with Gasteiger partial charge in [0.2, 0.25) is 0 Å². The summed E-state index contributed by atoms with van der Waals surface area (Å²) in [7, 11) is 0. The molecule has 0 fully saturated rings. The van der Waals surface area contributed by atoms with Crippen molar-refractivity contribution < 1.29 is 0 Å². The second kappa shape index (κ2) is 6.94. The van der Waals surface area contributed by atoms with Gasteiger partial charge in [0.15, 0.2) is 0 Å². The van der Waals surface area contributed by atoms with E-state index >= 15 is 0 Å². The summed E-state index contributed by atoms with van der Waals surface area (Å²) in [5.41, 5.74) is 3.72. The van der Waals surface area contributed by atoms with Crippen LogP contribution in [0.3, 0.4) is 0 Å². The number of aromatic nitrogens is 3. The van der Waals surface area contributed by atoms with Crippen LogP contribution in [0, 0.1) is 12.8 Å². The topological polar surface area (TPSA) is 34.8 Å². The second-order valence-electron chi connectivity index (χ2n) is 5.99. The molecule has 2 rings (SSSR count). The first-order valence-corrected chi connectivity index (χ1v) is 7.97. The normalized spacial score (nSPS) is 13.0. The van der Waals surface area contributed by atoms with Crippen LogP contribution < -0.4 is 5.32 Å². The van der Waals surface area contributed by atoms with Crippen LogP contribution >= 0.6 is 0 Å². The first-order chi connectivity index (χ1) is 10.0. The third kappa shape index (κ3) is 3.76. The molecule has 21 heavy (non-hydrogen) atoms. The molecule has 0 amide bonds. The van der Waals surface area contributed by atoms with E-state index in [2.05, 4.69) is 78.8 Å². The third-order valence-corrected chi connectivity index (χ3v) is 3.85. The molecule has 1 unspecified atom stereocenters. The molecule has 4 heteroatoms. The van der Waals surface area contributed by atoms with Crippen LogP contribution in [0.1, 0.15) is 50.7 Å². The molecular formula is C17H28N4. The van der Waals surface area contributed by atoms with Gasteiger partial charge in [-0.15, -0.1) is 0 Å². The van der Waals surface area contributed by atoms with Crippen LogP contribution in [0.5, 0.6) is 0 Å². The fourth-order valence-electron chi connectivity index (χ4n) is 2.89. The van der Waals surface area contributed by atoms with Gasteiger partial charge in [-0.1, -0.05) is 20.8 Å². The molecule has 2 aromatic heterocycles. The zero-order chi connectivity index (χ0) is 15.4. The molecule has 4 nitrogen and oxygen atoms in total. The summed E-state index contributed by atoms with van der Waals surface area (Å²) < 4.78 is 4.34. The molecule has 0 aliphatic carbocycles. The van der Waals surface area contributed by atoms with Gasteiger partial charge >= 0.3 is 0 Å². The van der Waals surface area contributed by atoms with Crippen LogP contribution in [0.4, 0.5) is 0 Å². The molecule has 1 N–H and O–H groups in total. The third-order valence-electron chi connectivity index (χ3n) is 3.85. The Kier molecular flexibility index (Phi) is 5.23. The molecule has 2 aromatic rings. The molecule has 116 valence electrons. The van der Waals surface area contributed by atoms with Gasteiger partial charge in [-0.25, -0.2) is 0 Å². The minimum atomic E-state index is 0.425. The number of nitrogens with one attached hydrogen (secondary N) is 1. The van der Waals surface area contributed by atoms with E-state index in [0.717, 1.165) is 25.3 Å². The number of hydrogen-bond donors (Lipinski definition) is 1. The highest BCUT2D eigenvalue weighted by molar-refractivity contribution is 5.18. The molecule has 0 aromatic carbocycles. The lowest BCUT2D eigenvalue weighted by molar-refractivity contribution is 0.421. The summed E-state index contributed by atoms with van der Waals surface area (Å²) >= 11 is 0. The van der Waals surface area contributed by atoms with Gasteiger partial charge in [-0.05, 0) is 44.0 Å². The Morgan fingerprint density at radius 3 is 2.67 bits per heavy atom. The number of rotatable bonds is 7. The lowest BCUT2D eigenvalue weighted by Crippen LogP contribution is -2.25. The van der Waals surface area contributed by atoms with E-state index < -0.39 is 0 Å². The monoisotopic (exact) mass is 288 g/mol. The highest BCUT2D eigenvalue weighted by atomic mass is 15.3. The van der Waals surface area contributed by atoms with Crippen LogP contribution in [0.25, 0.3) is 0 Å². The number of nitrogens with zero attached hydrogens (tertiary/aromatic N) is 3. The first-order valence-electron chi connectivity index (χ1n) is 7.97. The van der Waals surface area contributed by atoms with Gasteiger partial charge < -0.3 is 9.88 Å². The predicted octanol–water partition coefficient (Wildman–Crippen LogP) is 3.37. The lowest BCUT2D eigenvalue weighted by Gasteiger charge is -2.20. The van der Waals surface area contributed by atoms with Gasteiger partial charge in [-0.2, -0.15) is 5.10 Å². The van der Waals surface area contributed by atoms with Gasteiger partial charge in [0.25, 0.3) is 0 Å². The summed E-state index contributed by atoms with van der Waals surface area (Å²) in [4.78, 5) is 0. The second-order valence-corrected chi connectivity index (χ2v) is 5.99. The van der Waals surface area contributed by atoms with E-state index in [1.54, 1.807) is 0 Å². The van der Waals surface area contributed by atoms with Crippen LogP contribution in [-0.4, -0.2) is 20.9 Å². The van der Waals surface area contributed by atoms with Gasteiger partial charge in [-0.3, -0.25) is 4.68 Å². The van der Waals surface area contributed by atoms with Crippen LogP contribution in [-0.2, 0) is 13.1 Å². The number of aryl methyl sites for hydroxylation is 2. The van der Waals surface area contributed by atoms with Crippen LogP contribution in [0.2, 0.25) is 0 Å². The molecule has 1 atom stereocenters. The van der Waals surface area contributed by atoms with E-state index in [4.69, 9.17) is 0 Å². The van der Waals surface area contributed by atoms with Crippen molar-refractivity contribution in [3.8, 4) is 0 Å². The Hall–Kier alpha value is -1.55. The minimum absolute atomic E-state index is 0.425. The quantitative estimate of drug-likeness (QED) is 0.847. The highest BCUT2D eigenvalue weighted by Gasteiger charge is 2.15. The summed E-state index contributed by atoms with van der Waals surface area (Å²) in [5, 5.41) is 8.09. The summed E-state index contributed by atoms with van der Waals surface area (Å²) in [5.74, 6) is 0.587. The fraction of sp³-hybridized carbons (Fsp3) is 0.588. The molecule has 0 saturated carbocycles. The van der Waals surface area contributed by atoms with Gasteiger partial charge in [0, 0.05) is 25.0 Å². The maximum absolute atomic E-state index is 4.52. The molecule has 0 aliphatic heterocycles. The van der Waals surface area contributed by atoms with Crippen molar-refractivity contribution in [3.05, 3.63) is 41.5 Å². The average molecular weight is 288 g/mol. The SMILES string of the molecule is CCNC(c1ccn(Cc2cc(C)nn2CC)c1)C(C)C. The van der Waals surface area contributed by atoms with Crippen molar-refractivity contribution in [3.63, 3.8) is 0 Å². The molecule has 0 aliphatic rings. The van der Waals surface area contributed by atoms with E-state index in [0.29, 0.717) is 12.0 Å². The largest absolute Gasteiger partial charge is 0.348 e. The van der Waals surface area contributed by atoms with Crippen molar-refractivity contribution >= 4 is 0 Å². The first kappa shape index (κ1) is 15.8. The van der Waals surface area contributed by atoms with E-state index in [1.807, 2.05) is 0 Å². The van der Waals surface area contributed by atoms with Crippen molar-refractivity contribution in [2.45, 2.75) is 53.8 Å². The Bertz CT molecular complexity index is 565. The van der Waals surface area contributed by atoms with Gasteiger partial charge in [0.1, 0.15) is 0 Å². The molecule has 2 heterocycles. The lowest BCUT2D eigenvalue weighted by atomic mass is 9.98. The Labute approximate surface area is 128 Å². The van der Waals surface area contributed by atoms with E-state index in [-0.39, 0.29) is 0 Å². The summed E-state index contributed by atoms with van der Waals surface area (Å²) in [6, 6.07) is 4.83. The predicted molar refractivity (Wildman–Crippen MR) is 87.4 cm³/mol. The maximum atomic E-state index is 4.52.